The van der Waals surface area contributed by atoms with Crippen molar-refractivity contribution in [2.45, 2.75) is 0 Å². The highest BCUT2D eigenvalue weighted by Gasteiger charge is 2.10. The van der Waals surface area contributed by atoms with Crippen LogP contribution in [-0.2, 0) is 9.63 Å². The summed E-state index contributed by atoms with van der Waals surface area (Å²) in [6, 6.07) is 16.8. The molecule has 0 bridgehead atoms. The van der Waals surface area contributed by atoms with Crippen molar-refractivity contribution >= 4 is 17.8 Å². The number of ether oxygens (including phenoxy) is 1. The van der Waals surface area contributed by atoms with Gasteiger partial charge in [-0.05, 0) is 24.3 Å². The lowest BCUT2D eigenvalue weighted by atomic mass is 10.2. The van der Waals surface area contributed by atoms with Crippen LogP contribution in [0.15, 0.2) is 59.8 Å². The zero-order valence-electron chi connectivity index (χ0n) is 12.6. The Bertz CT molecular complexity index is 641. The normalized spacial score (nSPS) is 10.5. The van der Waals surface area contributed by atoms with Crippen molar-refractivity contribution in [3.8, 4) is 5.75 Å². The molecule has 0 spiro atoms. The molecule has 5 heteroatoms. The largest absolute Gasteiger partial charge is 0.496 e. The number of carbonyl (C=O) groups is 1. The lowest BCUT2D eigenvalue weighted by Crippen LogP contribution is -2.29. The number of methoxy groups -OCH3 is 1. The summed E-state index contributed by atoms with van der Waals surface area (Å²) in [7, 11) is 3.29. The number of anilines is 1. The maximum atomic E-state index is 12.0. The van der Waals surface area contributed by atoms with Gasteiger partial charge in [-0.2, -0.15) is 0 Å². The van der Waals surface area contributed by atoms with E-state index in [1.807, 2.05) is 54.6 Å². The summed E-state index contributed by atoms with van der Waals surface area (Å²) in [5, 5.41) is 3.81. The van der Waals surface area contributed by atoms with Gasteiger partial charge in [0.25, 0.3) is 5.91 Å². The highest BCUT2D eigenvalue weighted by Crippen LogP contribution is 2.15. The average molecular weight is 298 g/mol. The second-order valence-electron chi connectivity index (χ2n) is 4.54. The smallest absolute Gasteiger partial charge is 0.267 e. The molecular weight excluding hydrogens is 280 g/mol. The Kier molecular flexibility index (Phi) is 5.54. The fourth-order valence-electron chi connectivity index (χ4n) is 1.85. The number of likely N-dealkylation sites (N-methyl/N-ethyl adjacent to an activating group) is 1. The van der Waals surface area contributed by atoms with Crippen LogP contribution in [0.5, 0.6) is 5.75 Å². The molecule has 0 aromatic heterocycles. The van der Waals surface area contributed by atoms with Crippen LogP contribution in [0.25, 0.3) is 0 Å². The second kappa shape index (κ2) is 7.83. The average Bonchev–Trinajstić information content (AvgIpc) is 2.59. The van der Waals surface area contributed by atoms with E-state index in [0.717, 1.165) is 11.3 Å². The van der Waals surface area contributed by atoms with E-state index in [-0.39, 0.29) is 12.5 Å². The predicted molar refractivity (Wildman–Crippen MR) is 86.4 cm³/mol. The number of carbonyl (C=O) groups excluding carboxylic acids is 1. The summed E-state index contributed by atoms with van der Waals surface area (Å²) >= 11 is 0. The van der Waals surface area contributed by atoms with Crippen LogP contribution in [0.2, 0.25) is 0 Å². The number of nitrogens with zero attached hydrogens (tertiary/aromatic N) is 2. The van der Waals surface area contributed by atoms with E-state index < -0.39 is 0 Å². The number of amides is 1. The van der Waals surface area contributed by atoms with E-state index in [9.17, 15) is 4.79 Å². The number of benzene rings is 2. The Morgan fingerprint density at radius 2 is 1.82 bits per heavy atom. The first-order chi connectivity index (χ1) is 10.7. The van der Waals surface area contributed by atoms with Gasteiger partial charge in [0.2, 0.25) is 0 Å². The van der Waals surface area contributed by atoms with Crippen LogP contribution in [-0.4, -0.2) is 32.9 Å². The van der Waals surface area contributed by atoms with Crippen molar-refractivity contribution in [1.29, 1.82) is 0 Å². The van der Waals surface area contributed by atoms with Gasteiger partial charge in [0.05, 0.1) is 13.3 Å². The molecule has 0 aliphatic carbocycles. The first-order valence-corrected chi connectivity index (χ1v) is 6.82. The lowest BCUT2D eigenvalue weighted by molar-refractivity contribution is -0.122. The molecule has 0 saturated carbocycles. The summed E-state index contributed by atoms with van der Waals surface area (Å²) in [6.45, 7) is -0.128. The zero-order valence-corrected chi connectivity index (χ0v) is 12.6. The van der Waals surface area contributed by atoms with Crippen LogP contribution >= 0.6 is 0 Å². The molecular formula is C17H18N2O3. The van der Waals surface area contributed by atoms with E-state index in [4.69, 9.17) is 9.57 Å². The maximum absolute atomic E-state index is 12.0. The quantitative estimate of drug-likeness (QED) is 0.608. The molecule has 22 heavy (non-hydrogen) atoms. The molecule has 0 saturated heterocycles. The highest BCUT2D eigenvalue weighted by molar-refractivity contribution is 5.93. The standard InChI is InChI=1S/C17H18N2O3/c1-19(15-9-4-3-5-10-15)17(20)13-22-18-12-14-8-6-7-11-16(14)21-2/h3-12H,13H2,1-2H3. The topological polar surface area (TPSA) is 51.1 Å². The van der Waals surface area contributed by atoms with E-state index >= 15 is 0 Å². The van der Waals surface area contributed by atoms with Gasteiger partial charge in [0, 0.05) is 18.3 Å². The number of hydrogen-bond acceptors (Lipinski definition) is 4. The SMILES string of the molecule is COc1ccccc1C=NOCC(=O)N(C)c1ccccc1. The first kappa shape index (κ1) is 15.6. The molecule has 0 heterocycles. The molecule has 2 rings (SSSR count). The third-order valence-corrected chi connectivity index (χ3v) is 3.11. The van der Waals surface area contributed by atoms with Crippen LogP contribution in [0.4, 0.5) is 5.69 Å². The van der Waals surface area contributed by atoms with Crippen molar-refractivity contribution in [1.82, 2.24) is 0 Å². The van der Waals surface area contributed by atoms with E-state index in [1.165, 1.54) is 11.1 Å². The zero-order chi connectivity index (χ0) is 15.8. The summed E-state index contributed by atoms with van der Waals surface area (Å²) in [4.78, 5) is 18.6. The molecule has 5 nitrogen and oxygen atoms in total. The lowest BCUT2D eigenvalue weighted by Gasteiger charge is -2.16. The van der Waals surface area contributed by atoms with Gasteiger partial charge < -0.3 is 14.5 Å². The van der Waals surface area contributed by atoms with Crippen LogP contribution in [0, 0.1) is 0 Å². The molecule has 0 aliphatic heterocycles. The van der Waals surface area contributed by atoms with Gasteiger partial charge in [-0.3, -0.25) is 4.79 Å². The van der Waals surface area contributed by atoms with Crippen LogP contribution < -0.4 is 9.64 Å². The van der Waals surface area contributed by atoms with Gasteiger partial charge in [0.1, 0.15) is 5.75 Å². The van der Waals surface area contributed by atoms with Gasteiger partial charge in [-0.15, -0.1) is 0 Å². The number of oxime groups is 1. The Hall–Kier alpha value is -2.82. The molecule has 0 N–H and O–H groups in total. The minimum Gasteiger partial charge on any atom is -0.496 e. The van der Waals surface area contributed by atoms with Crippen molar-refractivity contribution in [3.05, 3.63) is 60.2 Å². The highest BCUT2D eigenvalue weighted by atomic mass is 16.6. The maximum Gasteiger partial charge on any atom is 0.267 e. The Balaban J connectivity index is 1.88. The van der Waals surface area contributed by atoms with Gasteiger partial charge in [0.15, 0.2) is 6.61 Å². The number of hydrogen-bond donors (Lipinski definition) is 0. The minimum atomic E-state index is -0.177. The van der Waals surface area contributed by atoms with Gasteiger partial charge in [-0.25, -0.2) is 0 Å². The summed E-state index contributed by atoms with van der Waals surface area (Å²) in [5.74, 6) is 0.519. The second-order valence-corrected chi connectivity index (χ2v) is 4.54. The van der Waals surface area contributed by atoms with Crippen molar-refractivity contribution in [3.63, 3.8) is 0 Å². The molecule has 0 unspecified atom stereocenters. The Labute approximate surface area is 129 Å². The fraction of sp³-hybridized carbons (Fsp3) is 0.176. The number of rotatable bonds is 6. The van der Waals surface area contributed by atoms with E-state index in [2.05, 4.69) is 5.16 Å². The molecule has 114 valence electrons. The van der Waals surface area contributed by atoms with Crippen molar-refractivity contribution in [2.75, 3.05) is 25.7 Å². The Morgan fingerprint density at radius 3 is 2.55 bits per heavy atom. The summed E-state index contributed by atoms with van der Waals surface area (Å²) in [6.07, 6.45) is 1.52. The predicted octanol–water partition coefficient (Wildman–Crippen LogP) is 2.71. The molecule has 2 aromatic rings. The van der Waals surface area contributed by atoms with Gasteiger partial charge >= 0.3 is 0 Å². The molecule has 0 fully saturated rings. The van der Waals surface area contributed by atoms with Crippen LogP contribution in [0.1, 0.15) is 5.56 Å². The molecule has 0 atom stereocenters. The van der Waals surface area contributed by atoms with Crippen molar-refractivity contribution in [2.24, 2.45) is 5.16 Å². The minimum absolute atomic E-state index is 0.128. The third kappa shape index (κ3) is 4.09. The first-order valence-electron chi connectivity index (χ1n) is 6.82. The summed E-state index contributed by atoms with van der Waals surface area (Å²) in [5.41, 5.74) is 1.60. The van der Waals surface area contributed by atoms with E-state index in [0.29, 0.717) is 5.75 Å². The molecule has 0 aliphatic rings. The molecule has 2 aromatic carbocycles. The molecule has 0 radical (unpaired) electrons. The number of para-hydroxylation sites is 2. The fourth-order valence-corrected chi connectivity index (χ4v) is 1.85. The van der Waals surface area contributed by atoms with E-state index in [1.54, 1.807) is 14.2 Å². The van der Waals surface area contributed by atoms with Gasteiger partial charge in [-0.1, -0.05) is 35.5 Å². The summed E-state index contributed by atoms with van der Waals surface area (Å²) < 4.78 is 5.20. The van der Waals surface area contributed by atoms with Crippen LogP contribution in [0.3, 0.4) is 0 Å². The van der Waals surface area contributed by atoms with Crippen molar-refractivity contribution < 1.29 is 14.4 Å². The third-order valence-electron chi connectivity index (χ3n) is 3.11. The molecule has 1 amide bonds. The Morgan fingerprint density at radius 1 is 1.14 bits per heavy atom. The monoisotopic (exact) mass is 298 g/mol.